The SMILES string of the molecule is CCCCCN1C(=O)NC(=O)C1(C)c1ccccc1. The van der Waals surface area contributed by atoms with Crippen LogP contribution >= 0.6 is 0 Å². The third-order valence-corrected chi connectivity index (χ3v) is 3.77. The second-order valence-corrected chi connectivity index (χ2v) is 5.06. The zero-order valence-corrected chi connectivity index (χ0v) is 11.5. The fourth-order valence-corrected chi connectivity index (χ4v) is 2.51. The molecule has 1 heterocycles. The molecule has 19 heavy (non-hydrogen) atoms. The Labute approximate surface area is 113 Å². The first kappa shape index (κ1) is 13.6. The molecule has 0 spiro atoms. The third-order valence-electron chi connectivity index (χ3n) is 3.77. The maximum atomic E-state index is 12.2. The van der Waals surface area contributed by atoms with Crippen molar-refractivity contribution < 1.29 is 9.59 Å². The molecule has 1 aliphatic heterocycles. The fraction of sp³-hybridized carbons (Fsp3) is 0.467. The van der Waals surface area contributed by atoms with Crippen LogP contribution in [0.2, 0.25) is 0 Å². The van der Waals surface area contributed by atoms with Crippen LogP contribution in [0.1, 0.15) is 38.7 Å². The molecule has 0 saturated carbocycles. The second-order valence-electron chi connectivity index (χ2n) is 5.06. The van der Waals surface area contributed by atoms with Gasteiger partial charge in [0.2, 0.25) is 0 Å². The lowest BCUT2D eigenvalue weighted by molar-refractivity contribution is -0.126. The Morgan fingerprint density at radius 2 is 1.84 bits per heavy atom. The number of nitrogens with zero attached hydrogens (tertiary/aromatic N) is 1. The minimum atomic E-state index is -0.883. The number of amides is 3. The quantitative estimate of drug-likeness (QED) is 0.653. The van der Waals surface area contributed by atoms with Crippen molar-refractivity contribution in [2.24, 2.45) is 0 Å². The van der Waals surface area contributed by atoms with Gasteiger partial charge in [0.25, 0.3) is 5.91 Å². The molecule has 3 amide bonds. The van der Waals surface area contributed by atoms with Gasteiger partial charge in [0.05, 0.1) is 0 Å². The molecule has 102 valence electrons. The molecule has 1 aromatic carbocycles. The largest absolute Gasteiger partial charge is 0.325 e. The van der Waals surface area contributed by atoms with Gasteiger partial charge in [0.1, 0.15) is 5.54 Å². The average molecular weight is 260 g/mol. The van der Waals surface area contributed by atoms with E-state index in [2.05, 4.69) is 12.2 Å². The van der Waals surface area contributed by atoms with Crippen molar-refractivity contribution in [1.82, 2.24) is 10.2 Å². The first-order chi connectivity index (χ1) is 9.10. The third kappa shape index (κ3) is 2.35. The van der Waals surface area contributed by atoms with Crippen molar-refractivity contribution in [2.45, 2.75) is 38.6 Å². The van der Waals surface area contributed by atoms with Crippen LogP contribution in [0.15, 0.2) is 30.3 Å². The topological polar surface area (TPSA) is 49.4 Å². The summed E-state index contributed by atoms with van der Waals surface area (Å²) in [6.45, 7) is 4.54. The van der Waals surface area contributed by atoms with Crippen LogP contribution in [0.4, 0.5) is 4.79 Å². The van der Waals surface area contributed by atoms with E-state index in [1.807, 2.05) is 37.3 Å². The Balaban J connectivity index is 2.28. The van der Waals surface area contributed by atoms with Crippen LogP contribution in [-0.4, -0.2) is 23.4 Å². The minimum absolute atomic E-state index is 0.236. The summed E-state index contributed by atoms with van der Waals surface area (Å²) in [5.41, 5.74) is -0.0265. The van der Waals surface area contributed by atoms with Crippen LogP contribution in [0.5, 0.6) is 0 Å². The molecule has 0 radical (unpaired) electrons. The number of unbranched alkanes of at least 4 members (excludes halogenated alkanes) is 2. The van der Waals surface area contributed by atoms with Crippen molar-refractivity contribution in [3.05, 3.63) is 35.9 Å². The van der Waals surface area contributed by atoms with Crippen LogP contribution in [0.3, 0.4) is 0 Å². The number of urea groups is 1. The number of hydrogen-bond donors (Lipinski definition) is 1. The average Bonchev–Trinajstić information content (AvgIpc) is 2.64. The van der Waals surface area contributed by atoms with Gasteiger partial charge in [-0.2, -0.15) is 0 Å². The van der Waals surface area contributed by atoms with E-state index >= 15 is 0 Å². The van der Waals surface area contributed by atoms with Gasteiger partial charge in [-0.25, -0.2) is 4.79 Å². The van der Waals surface area contributed by atoms with E-state index in [0.29, 0.717) is 6.54 Å². The Kier molecular flexibility index (Phi) is 3.88. The number of benzene rings is 1. The molecule has 4 nitrogen and oxygen atoms in total. The zero-order valence-electron chi connectivity index (χ0n) is 11.5. The molecule has 0 aromatic heterocycles. The lowest BCUT2D eigenvalue weighted by Crippen LogP contribution is -2.44. The summed E-state index contributed by atoms with van der Waals surface area (Å²) >= 11 is 0. The molecule has 0 bridgehead atoms. The summed E-state index contributed by atoms with van der Waals surface area (Å²) in [5.74, 6) is -0.236. The van der Waals surface area contributed by atoms with Crippen LogP contribution in [-0.2, 0) is 10.3 Å². The molecular weight excluding hydrogens is 240 g/mol. The number of nitrogens with one attached hydrogen (secondary N) is 1. The van der Waals surface area contributed by atoms with E-state index in [1.165, 1.54) is 0 Å². The maximum absolute atomic E-state index is 12.2. The van der Waals surface area contributed by atoms with Gasteiger partial charge in [0, 0.05) is 6.54 Å². The van der Waals surface area contributed by atoms with Gasteiger partial charge in [-0.1, -0.05) is 50.1 Å². The molecule has 1 saturated heterocycles. The number of hydrogen-bond acceptors (Lipinski definition) is 2. The standard InChI is InChI=1S/C15H20N2O2/c1-3-4-8-11-17-14(19)16-13(18)15(17,2)12-9-6-5-7-10-12/h5-7,9-10H,3-4,8,11H2,1-2H3,(H,16,18,19). The van der Waals surface area contributed by atoms with Crippen LogP contribution in [0, 0.1) is 0 Å². The second kappa shape index (κ2) is 5.43. The van der Waals surface area contributed by atoms with Gasteiger partial charge >= 0.3 is 6.03 Å². The Morgan fingerprint density at radius 3 is 2.47 bits per heavy atom. The lowest BCUT2D eigenvalue weighted by atomic mass is 9.90. The van der Waals surface area contributed by atoms with Gasteiger partial charge < -0.3 is 4.90 Å². The molecule has 2 rings (SSSR count). The molecule has 4 heteroatoms. The lowest BCUT2D eigenvalue weighted by Gasteiger charge is -2.32. The number of imide groups is 1. The first-order valence-corrected chi connectivity index (χ1v) is 6.79. The van der Waals surface area contributed by atoms with Crippen LogP contribution < -0.4 is 5.32 Å². The van der Waals surface area contributed by atoms with Gasteiger partial charge in [0.15, 0.2) is 0 Å². The minimum Gasteiger partial charge on any atom is -0.306 e. The van der Waals surface area contributed by atoms with E-state index in [-0.39, 0.29) is 11.9 Å². The highest BCUT2D eigenvalue weighted by Gasteiger charge is 2.49. The first-order valence-electron chi connectivity index (χ1n) is 6.79. The predicted molar refractivity (Wildman–Crippen MR) is 73.6 cm³/mol. The van der Waals surface area contributed by atoms with Crippen molar-refractivity contribution >= 4 is 11.9 Å². The van der Waals surface area contributed by atoms with Crippen molar-refractivity contribution in [3.8, 4) is 0 Å². The predicted octanol–water partition coefficient (Wildman–Crippen LogP) is 2.64. The number of rotatable bonds is 5. The monoisotopic (exact) mass is 260 g/mol. The summed E-state index contributed by atoms with van der Waals surface area (Å²) in [7, 11) is 0. The maximum Gasteiger partial charge on any atom is 0.325 e. The Bertz CT molecular complexity index is 472. The number of carbonyl (C=O) groups excluding carboxylic acids is 2. The van der Waals surface area contributed by atoms with E-state index in [4.69, 9.17) is 0 Å². The van der Waals surface area contributed by atoms with Crippen molar-refractivity contribution in [3.63, 3.8) is 0 Å². The molecule has 1 N–H and O–H groups in total. The highest BCUT2D eigenvalue weighted by molar-refractivity contribution is 6.07. The van der Waals surface area contributed by atoms with Gasteiger partial charge in [-0.05, 0) is 18.9 Å². The smallest absolute Gasteiger partial charge is 0.306 e. The van der Waals surface area contributed by atoms with E-state index in [9.17, 15) is 9.59 Å². The van der Waals surface area contributed by atoms with Gasteiger partial charge in [-0.3, -0.25) is 10.1 Å². The fourth-order valence-electron chi connectivity index (χ4n) is 2.51. The molecule has 0 aliphatic carbocycles. The summed E-state index contributed by atoms with van der Waals surface area (Å²) in [6.07, 6.45) is 3.06. The highest BCUT2D eigenvalue weighted by Crippen LogP contribution is 2.32. The molecule has 1 unspecified atom stereocenters. The Morgan fingerprint density at radius 1 is 1.16 bits per heavy atom. The normalized spacial score (nSPS) is 22.7. The summed E-state index contributed by atoms with van der Waals surface area (Å²) in [5, 5.41) is 2.43. The van der Waals surface area contributed by atoms with Crippen molar-refractivity contribution in [1.29, 1.82) is 0 Å². The van der Waals surface area contributed by atoms with E-state index < -0.39 is 5.54 Å². The zero-order chi connectivity index (χ0) is 13.9. The Hall–Kier alpha value is -1.84. The van der Waals surface area contributed by atoms with Crippen molar-refractivity contribution in [2.75, 3.05) is 6.54 Å². The molecule has 1 aromatic rings. The molecular formula is C15H20N2O2. The van der Waals surface area contributed by atoms with E-state index in [0.717, 1.165) is 24.8 Å². The number of carbonyl (C=O) groups is 2. The highest BCUT2D eigenvalue weighted by atomic mass is 16.2. The van der Waals surface area contributed by atoms with Gasteiger partial charge in [-0.15, -0.1) is 0 Å². The summed E-state index contributed by atoms with van der Waals surface area (Å²) < 4.78 is 0. The molecule has 1 aliphatic rings. The summed E-state index contributed by atoms with van der Waals surface area (Å²) in [4.78, 5) is 25.8. The molecule has 1 fully saturated rings. The molecule has 1 atom stereocenters. The van der Waals surface area contributed by atoms with E-state index in [1.54, 1.807) is 4.90 Å². The van der Waals surface area contributed by atoms with Crippen LogP contribution in [0.25, 0.3) is 0 Å². The summed E-state index contributed by atoms with van der Waals surface area (Å²) in [6, 6.07) is 9.19.